The van der Waals surface area contributed by atoms with Gasteiger partial charge in [0.1, 0.15) is 18.5 Å². The molecule has 0 bridgehead atoms. The molecule has 1 aromatic rings. The molecule has 2 rings (SSSR count). The number of nitrogens with one attached hydrogen (secondary N) is 1. The Hall–Kier alpha value is -1.20. The first-order valence-corrected chi connectivity index (χ1v) is 5.52. The second-order valence-electron chi connectivity index (χ2n) is 3.98. The highest BCUT2D eigenvalue weighted by atomic mass is 16.5. The lowest BCUT2D eigenvalue weighted by molar-refractivity contribution is -0.0476. The Morgan fingerprint density at radius 2 is 2.44 bits per heavy atom. The molecule has 2 unspecified atom stereocenters. The Kier molecular flexibility index (Phi) is 3.69. The summed E-state index contributed by atoms with van der Waals surface area (Å²) in [5.41, 5.74) is 0. The van der Waals surface area contributed by atoms with Crippen molar-refractivity contribution in [1.82, 2.24) is 15.3 Å². The molecule has 0 aliphatic carbocycles. The van der Waals surface area contributed by atoms with Crippen LogP contribution in [-0.2, 0) is 4.74 Å². The number of aromatic nitrogens is 2. The molecule has 5 heteroatoms. The Balaban J connectivity index is 1.82. The van der Waals surface area contributed by atoms with E-state index in [2.05, 4.69) is 15.3 Å². The van der Waals surface area contributed by atoms with Crippen LogP contribution in [0.4, 0.5) is 0 Å². The highest BCUT2D eigenvalue weighted by Crippen LogP contribution is 2.08. The third kappa shape index (κ3) is 3.15. The highest BCUT2D eigenvalue weighted by molar-refractivity contribution is 5.07. The minimum absolute atomic E-state index is 0.0963. The molecule has 0 aromatic carbocycles. The van der Waals surface area contributed by atoms with Crippen molar-refractivity contribution >= 4 is 0 Å². The summed E-state index contributed by atoms with van der Waals surface area (Å²) in [6.07, 6.45) is 2.04. The van der Waals surface area contributed by atoms with Gasteiger partial charge in [0.15, 0.2) is 0 Å². The van der Waals surface area contributed by atoms with Gasteiger partial charge in [-0.15, -0.1) is 0 Å². The van der Waals surface area contributed by atoms with Crippen molar-refractivity contribution in [2.24, 2.45) is 0 Å². The Labute approximate surface area is 95.2 Å². The van der Waals surface area contributed by atoms with Crippen molar-refractivity contribution in [2.75, 3.05) is 19.7 Å². The number of ether oxygens (including phenoxy) is 2. The Morgan fingerprint density at radius 3 is 3.19 bits per heavy atom. The van der Waals surface area contributed by atoms with Crippen molar-refractivity contribution in [2.45, 2.75) is 26.1 Å². The molecule has 1 fully saturated rings. The minimum Gasteiger partial charge on any atom is -0.475 e. The fourth-order valence-electron chi connectivity index (χ4n) is 1.66. The smallest absolute Gasteiger partial charge is 0.216 e. The lowest BCUT2D eigenvalue weighted by Gasteiger charge is -2.28. The van der Waals surface area contributed by atoms with Gasteiger partial charge in [-0.05, 0) is 13.8 Å². The van der Waals surface area contributed by atoms with Crippen molar-refractivity contribution in [1.29, 1.82) is 0 Å². The maximum absolute atomic E-state index is 5.71. The van der Waals surface area contributed by atoms with E-state index < -0.39 is 0 Å². The highest BCUT2D eigenvalue weighted by Gasteiger charge is 2.19. The Bertz CT molecular complexity index is 346. The van der Waals surface area contributed by atoms with E-state index in [1.807, 2.05) is 13.8 Å². The van der Waals surface area contributed by atoms with Gasteiger partial charge >= 0.3 is 0 Å². The van der Waals surface area contributed by atoms with E-state index in [4.69, 9.17) is 9.47 Å². The van der Waals surface area contributed by atoms with E-state index in [0.717, 1.165) is 13.1 Å². The van der Waals surface area contributed by atoms with Crippen LogP contribution in [-0.4, -0.2) is 41.9 Å². The van der Waals surface area contributed by atoms with Crippen LogP contribution in [0.1, 0.15) is 12.7 Å². The lowest BCUT2D eigenvalue weighted by atomic mass is 10.2. The molecule has 1 N–H and O–H groups in total. The van der Waals surface area contributed by atoms with Gasteiger partial charge < -0.3 is 14.8 Å². The SMILES string of the molecule is Cc1nccc(OCC2CNCC(C)O2)n1. The van der Waals surface area contributed by atoms with Crippen LogP contribution in [0.15, 0.2) is 12.3 Å². The van der Waals surface area contributed by atoms with Gasteiger partial charge in [-0.1, -0.05) is 0 Å². The Morgan fingerprint density at radius 1 is 1.56 bits per heavy atom. The van der Waals surface area contributed by atoms with Crippen molar-refractivity contribution in [3.63, 3.8) is 0 Å². The number of morpholine rings is 1. The van der Waals surface area contributed by atoms with Gasteiger partial charge in [-0.2, -0.15) is 4.98 Å². The van der Waals surface area contributed by atoms with Crippen LogP contribution in [0.25, 0.3) is 0 Å². The predicted molar refractivity (Wildman–Crippen MR) is 59.5 cm³/mol. The largest absolute Gasteiger partial charge is 0.475 e. The molecule has 1 aliphatic heterocycles. The van der Waals surface area contributed by atoms with Crippen molar-refractivity contribution < 1.29 is 9.47 Å². The van der Waals surface area contributed by atoms with Gasteiger partial charge in [0.25, 0.3) is 0 Å². The topological polar surface area (TPSA) is 56.3 Å². The van der Waals surface area contributed by atoms with Crippen LogP contribution >= 0.6 is 0 Å². The maximum atomic E-state index is 5.71. The molecule has 0 radical (unpaired) electrons. The molecule has 2 atom stereocenters. The van der Waals surface area contributed by atoms with Gasteiger partial charge in [0, 0.05) is 25.4 Å². The molecule has 5 nitrogen and oxygen atoms in total. The first-order valence-electron chi connectivity index (χ1n) is 5.52. The van der Waals surface area contributed by atoms with E-state index in [1.54, 1.807) is 12.3 Å². The van der Waals surface area contributed by atoms with Crippen LogP contribution in [0.3, 0.4) is 0 Å². The lowest BCUT2D eigenvalue weighted by Crippen LogP contribution is -2.45. The number of hydrogen-bond donors (Lipinski definition) is 1. The number of hydrogen-bond acceptors (Lipinski definition) is 5. The van der Waals surface area contributed by atoms with Crippen molar-refractivity contribution in [3.05, 3.63) is 18.1 Å². The second kappa shape index (κ2) is 5.23. The molecule has 88 valence electrons. The zero-order valence-electron chi connectivity index (χ0n) is 9.64. The van der Waals surface area contributed by atoms with Gasteiger partial charge in [-0.3, -0.25) is 0 Å². The van der Waals surface area contributed by atoms with Gasteiger partial charge in [0.05, 0.1) is 6.10 Å². The molecular formula is C11H17N3O2. The molecule has 0 spiro atoms. The average molecular weight is 223 g/mol. The molecule has 1 aromatic heterocycles. The molecular weight excluding hydrogens is 206 g/mol. The van der Waals surface area contributed by atoms with Gasteiger partial charge in [0.2, 0.25) is 5.88 Å². The molecule has 1 aliphatic rings. The second-order valence-corrected chi connectivity index (χ2v) is 3.98. The molecule has 1 saturated heterocycles. The molecule has 0 saturated carbocycles. The first kappa shape index (κ1) is 11.3. The summed E-state index contributed by atoms with van der Waals surface area (Å²) in [5, 5.41) is 3.29. The zero-order chi connectivity index (χ0) is 11.4. The van der Waals surface area contributed by atoms with E-state index in [9.17, 15) is 0 Å². The van der Waals surface area contributed by atoms with E-state index in [0.29, 0.717) is 18.3 Å². The normalized spacial score (nSPS) is 25.4. The van der Waals surface area contributed by atoms with Crippen molar-refractivity contribution in [3.8, 4) is 5.88 Å². The molecule has 2 heterocycles. The molecule has 16 heavy (non-hydrogen) atoms. The third-order valence-corrected chi connectivity index (χ3v) is 2.40. The number of aryl methyl sites for hydroxylation is 1. The summed E-state index contributed by atoms with van der Waals surface area (Å²) in [6, 6.07) is 1.76. The van der Waals surface area contributed by atoms with Crippen LogP contribution in [0.2, 0.25) is 0 Å². The maximum Gasteiger partial charge on any atom is 0.216 e. The summed E-state index contributed by atoms with van der Waals surface area (Å²) in [4.78, 5) is 8.18. The quantitative estimate of drug-likeness (QED) is 0.810. The van der Waals surface area contributed by atoms with E-state index in [1.165, 1.54) is 0 Å². The third-order valence-electron chi connectivity index (χ3n) is 2.40. The summed E-state index contributed by atoms with van der Waals surface area (Å²) in [7, 11) is 0. The monoisotopic (exact) mass is 223 g/mol. The minimum atomic E-state index is 0.0963. The van der Waals surface area contributed by atoms with Gasteiger partial charge in [-0.25, -0.2) is 4.98 Å². The van der Waals surface area contributed by atoms with E-state index in [-0.39, 0.29) is 12.2 Å². The zero-order valence-corrected chi connectivity index (χ0v) is 9.64. The van der Waals surface area contributed by atoms with Crippen LogP contribution < -0.4 is 10.1 Å². The standard InChI is InChI=1S/C11H17N3O2/c1-8-5-12-6-10(16-8)7-15-11-3-4-13-9(2)14-11/h3-4,8,10,12H,5-7H2,1-2H3. The summed E-state index contributed by atoms with van der Waals surface area (Å²) >= 11 is 0. The van der Waals surface area contributed by atoms with Crippen LogP contribution in [0.5, 0.6) is 5.88 Å². The van der Waals surface area contributed by atoms with Crippen LogP contribution in [0, 0.1) is 6.92 Å². The van der Waals surface area contributed by atoms with E-state index >= 15 is 0 Å². The number of nitrogens with zero attached hydrogens (tertiary/aromatic N) is 2. The first-order chi connectivity index (χ1) is 7.74. The fourth-order valence-corrected chi connectivity index (χ4v) is 1.66. The fraction of sp³-hybridized carbons (Fsp3) is 0.636. The summed E-state index contributed by atoms with van der Waals surface area (Å²) in [6.45, 7) is 6.15. The summed E-state index contributed by atoms with van der Waals surface area (Å²) < 4.78 is 11.3. The average Bonchev–Trinajstić information content (AvgIpc) is 2.27. The molecule has 0 amide bonds. The number of rotatable bonds is 3. The summed E-state index contributed by atoms with van der Waals surface area (Å²) in [5.74, 6) is 1.32. The predicted octanol–water partition coefficient (Wildman–Crippen LogP) is 0.541.